The Morgan fingerprint density at radius 3 is 2.39 bits per heavy atom. The molecule has 1 aromatic rings. The highest BCUT2D eigenvalue weighted by molar-refractivity contribution is 7.89. The van der Waals surface area contributed by atoms with Crippen molar-refractivity contribution >= 4 is 16.0 Å². The molecule has 0 aliphatic heterocycles. The number of aliphatic carboxylic acids is 1. The van der Waals surface area contributed by atoms with Gasteiger partial charge in [-0.1, -0.05) is 12.1 Å². The minimum absolute atomic E-state index is 0.119. The number of carboxylic acid groups (broad SMARTS) is 1. The first-order valence-electron chi connectivity index (χ1n) is 5.46. The normalized spacial score (nSPS) is 11.4. The lowest BCUT2D eigenvalue weighted by Gasteiger charge is -2.06. The third-order valence-corrected chi connectivity index (χ3v) is 3.74. The van der Waals surface area contributed by atoms with Crippen molar-refractivity contribution in [3.63, 3.8) is 0 Å². The molecule has 0 heterocycles. The fraction of sp³-hybridized carbons (Fsp3) is 0.364. The van der Waals surface area contributed by atoms with Crippen molar-refractivity contribution < 1.29 is 18.3 Å². The molecular formula is C11H16N2O4S. The van der Waals surface area contributed by atoms with Gasteiger partial charge in [0.15, 0.2) is 0 Å². The van der Waals surface area contributed by atoms with Crippen molar-refractivity contribution in [2.75, 3.05) is 13.1 Å². The van der Waals surface area contributed by atoms with E-state index in [1.165, 1.54) is 24.3 Å². The second-order valence-electron chi connectivity index (χ2n) is 3.75. The quantitative estimate of drug-likeness (QED) is 0.602. The van der Waals surface area contributed by atoms with Crippen LogP contribution in [0.5, 0.6) is 0 Å². The van der Waals surface area contributed by atoms with Gasteiger partial charge in [-0.2, -0.15) is 0 Å². The van der Waals surface area contributed by atoms with E-state index in [1.807, 2.05) is 0 Å². The van der Waals surface area contributed by atoms with E-state index >= 15 is 0 Å². The van der Waals surface area contributed by atoms with Crippen molar-refractivity contribution in [3.05, 3.63) is 29.8 Å². The summed E-state index contributed by atoms with van der Waals surface area (Å²) in [6, 6.07) is 5.77. The number of hydrogen-bond donors (Lipinski definition) is 3. The average molecular weight is 272 g/mol. The summed E-state index contributed by atoms with van der Waals surface area (Å²) in [6.07, 6.45) is 0.442. The van der Waals surface area contributed by atoms with E-state index in [0.717, 1.165) is 0 Å². The first-order valence-corrected chi connectivity index (χ1v) is 6.94. The lowest BCUT2D eigenvalue weighted by Crippen LogP contribution is -2.26. The Kier molecular flexibility index (Phi) is 5.26. The Labute approximate surface area is 106 Å². The third-order valence-electron chi connectivity index (χ3n) is 2.26. The Hall–Kier alpha value is -1.44. The maximum atomic E-state index is 11.8. The van der Waals surface area contributed by atoms with Gasteiger partial charge in [0.1, 0.15) is 0 Å². The molecule has 0 saturated heterocycles. The highest BCUT2D eigenvalue weighted by Crippen LogP contribution is 2.10. The van der Waals surface area contributed by atoms with Gasteiger partial charge in [-0.25, -0.2) is 13.1 Å². The summed E-state index contributed by atoms with van der Waals surface area (Å²) in [6.45, 7) is 0.704. The van der Waals surface area contributed by atoms with Gasteiger partial charge in [-0.15, -0.1) is 0 Å². The van der Waals surface area contributed by atoms with Crippen LogP contribution >= 0.6 is 0 Å². The lowest BCUT2D eigenvalue weighted by atomic mass is 10.2. The molecule has 0 aromatic heterocycles. The highest BCUT2D eigenvalue weighted by Gasteiger charge is 2.13. The van der Waals surface area contributed by atoms with E-state index in [4.69, 9.17) is 10.8 Å². The summed E-state index contributed by atoms with van der Waals surface area (Å²) in [7, 11) is -3.53. The van der Waals surface area contributed by atoms with Crippen molar-refractivity contribution in [3.8, 4) is 0 Å². The summed E-state index contributed by atoms with van der Waals surface area (Å²) < 4.78 is 26.0. The van der Waals surface area contributed by atoms with Crippen LogP contribution in [0.2, 0.25) is 0 Å². The molecule has 1 aromatic carbocycles. The fourth-order valence-electron chi connectivity index (χ4n) is 1.35. The zero-order valence-corrected chi connectivity index (χ0v) is 10.6. The van der Waals surface area contributed by atoms with Crippen LogP contribution in [-0.2, 0) is 21.2 Å². The minimum Gasteiger partial charge on any atom is -0.481 e. The molecular weight excluding hydrogens is 256 g/mol. The number of nitrogens with one attached hydrogen (secondary N) is 1. The van der Waals surface area contributed by atoms with Crippen molar-refractivity contribution in [2.24, 2.45) is 5.73 Å². The Morgan fingerprint density at radius 2 is 1.89 bits per heavy atom. The summed E-state index contributed by atoms with van der Waals surface area (Å²) in [5, 5.41) is 8.60. The van der Waals surface area contributed by atoms with Crippen LogP contribution in [0.3, 0.4) is 0 Å². The average Bonchev–Trinajstić information content (AvgIpc) is 2.29. The van der Waals surface area contributed by atoms with Gasteiger partial charge in [0.25, 0.3) is 0 Å². The molecule has 18 heavy (non-hydrogen) atoms. The maximum absolute atomic E-state index is 11.8. The first kappa shape index (κ1) is 14.6. The van der Waals surface area contributed by atoms with Crippen molar-refractivity contribution in [1.29, 1.82) is 0 Å². The molecule has 0 atom stereocenters. The molecule has 0 saturated carbocycles. The van der Waals surface area contributed by atoms with Gasteiger partial charge >= 0.3 is 5.97 Å². The molecule has 7 heteroatoms. The number of sulfonamides is 1. The van der Waals surface area contributed by atoms with Gasteiger partial charge in [0.05, 0.1) is 11.3 Å². The van der Waals surface area contributed by atoms with Gasteiger partial charge in [-0.05, 0) is 30.7 Å². The fourth-order valence-corrected chi connectivity index (χ4v) is 2.43. The topological polar surface area (TPSA) is 109 Å². The van der Waals surface area contributed by atoms with E-state index in [2.05, 4.69) is 4.72 Å². The zero-order valence-electron chi connectivity index (χ0n) is 9.80. The summed E-state index contributed by atoms with van der Waals surface area (Å²) in [5.74, 6) is -0.952. The second-order valence-corrected chi connectivity index (χ2v) is 5.52. The molecule has 0 aliphatic rings. The molecule has 0 amide bonds. The van der Waals surface area contributed by atoms with Crippen LogP contribution in [-0.4, -0.2) is 32.6 Å². The van der Waals surface area contributed by atoms with E-state index in [0.29, 0.717) is 18.5 Å². The minimum atomic E-state index is -3.53. The van der Waals surface area contributed by atoms with Crippen LogP contribution in [0.25, 0.3) is 0 Å². The van der Waals surface area contributed by atoms with Crippen LogP contribution in [0.1, 0.15) is 12.0 Å². The zero-order chi connectivity index (χ0) is 13.6. The third kappa shape index (κ3) is 4.44. The maximum Gasteiger partial charge on any atom is 0.307 e. The first-order chi connectivity index (χ1) is 8.45. The standard InChI is InChI=1S/C11H16N2O4S/c12-6-1-7-13-18(16,17)10-4-2-9(3-5-10)8-11(14)15/h2-5,13H,1,6-8,12H2,(H,14,15). The summed E-state index contributed by atoms with van der Waals surface area (Å²) >= 11 is 0. The van der Waals surface area contributed by atoms with Gasteiger partial charge in [0.2, 0.25) is 10.0 Å². The Bertz CT molecular complexity index is 496. The van der Waals surface area contributed by atoms with Crippen LogP contribution < -0.4 is 10.5 Å². The molecule has 0 fully saturated rings. The number of carboxylic acids is 1. The summed E-state index contributed by atoms with van der Waals surface area (Å²) in [4.78, 5) is 10.6. The van der Waals surface area contributed by atoms with Gasteiger partial charge in [0, 0.05) is 6.54 Å². The van der Waals surface area contributed by atoms with Crippen molar-refractivity contribution in [2.45, 2.75) is 17.7 Å². The predicted octanol–water partition coefficient (Wildman–Crippen LogP) is -0.0592. The van der Waals surface area contributed by atoms with Crippen LogP contribution in [0, 0.1) is 0 Å². The van der Waals surface area contributed by atoms with Crippen LogP contribution in [0.4, 0.5) is 0 Å². The number of carbonyl (C=O) groups is 1. The monoisotopic (exact) mass is 272 g/mol. The highest BCUT2D eigenvalue weighted by atomic mass is 32.2. The number of rotatable bonds is 7. The van der Waals surface area contributed by atoms with Crippen LogP contribution in [0.15, 0.2) is 29.2 Å². The Morgan fingerprint density at radius 1 is 1.28 bits per heavy atom. The molecule has 0 radical (unpaired) electrons. The number of benzene rings is 1. The SMILES string of the molecule is NCCCNS(=O)(=O)c1ccc(CC(=O)O)cc1. The summed E-state index contributed by atoms with van der Waals surface area (Å²) in [5.41, 5.74) is 5.83. The number of hydrogen-bond acceptors (Lipinski definition) is 4. The molecule has 0 bridgehead atoms. The molecule has 0 spiro atoms. The van der Waals surface area contributed by atoms with Gasteiger partial charge < -0.3 is 10.8 Å². The van der Waals surface area contributed by atoms with E-state index < -0.39 is 16.0 Å². The smallest absolute Gasteiger partial charge is 0.307 e. The largest absolute Gasteiger partial charge is 0.481 e. The molecule has 1 rings (SSSR count). The lowest BCUT2D eigenvalue weighted by molar-refractivity contribution is -0.136. The Balaban J connectivity index is 2.74. The van der Waals surface area contributed by atoms with Gasteiger partial charge in [-0.3, -0.25) is 4.79 Å². The molecule has 0 unspecified atom stereocenters. The number of nitrogens with two attached hydrogens (primary N) is 1. The van der Waals surface area contributed by atoms with E-state index in [9.17, 15) is 13.2 Å². The van der Waals surface area contributed by atoms with E-state index in [1.54, 1.807) is 0 Å². The predicted molar refractivity (Wildman–Crippen MR) is 66.6 cm³/mol. The molecule has 0 aliphatic carbocycles. The molecule has 100 valence electrons. The second kappa shape index (κ2) is 6.48. The molecule has 4 N–H and O–H groups in total. The van der Waals surface area contributed by atoms with Crippen molar-refractivity contribution in [1.82, 2.24) is 4.72 Å². The molecule has 6 nitrogen and oxygen atoms in total. The van der Waals surface area contributed by atoms with E-state index in [-0.39, 0.29) is 17.9 Å².